The molecule has 2 aromatic heterocycles. The fourth-order valence-electron chi connectivity index (χ4n) is 7.29. The van der Waals surface area contributed by atoms with Gasteiger partial charge >= 0.3 is 0 Å². The van der Waals surface area contributed by atoms with E-state index in [1.807, 2.05) is 24.4 Å². The molecule has 8 aromatic rings. The van der Waals surface area contributed by atoms with Crippen molar-refractivity contribution in [2.45, 2.75) is 6.04 Å². The SMILES string of the molecule is C1=CC2=NC(c3cccc(-c4ccc5c(c4)c4ccccc4n5-c4cccc(-c5ccc6c(c5)oc5ccccc56)c4)c3)=CNC2C=C1. The first-order valence-electron chi connectivity index (χ1n) is 16.3. The Morgan fingerprint density at radius 1 is 0.542 bits per heavy atom. The van der Waals surface area contributed by atoms with Gasteiger partial charge in [0.05, 0.1) is 28.5 Å². The predicted octanol–water partition coefficient (Wildman–Crippen LogP) is 10.9. The lowest BCUT2D eigenvalue weighted by atomic mass is 9.99. The molecule has 4 heteroatoms. The van der Waals surface area contributed by atoms with Crippen LogP contribution in [0.1, 0.15) is 5.56 Å². The summed E-state index contributed by atoms with van der Waals surface area (Å²) in [6.07, 6.45) is 10.3. The second kappa shape index (κ2) is 10.6. The van der Waals surface area contributed by atoms with Crippen molar-refractivity contribution in [2.24, 2.45) is 4.99 Å². The topological polar surface area (TPSA) is 42.5 Å². The molecule has 48 heavy (non-hydrogen) atoms. The highest BCUT2D eigenvalue weighted by molar-refractivity contribution is 6.11. The van der Waals surface area contributed by atoms with Crippen LogP contribution in [-0.2, 0) is 0 Å². The van der Waals surface area contributed by atoms with E-state index in [-0.39, 0.29) is 6.04 Å². The maximum Gasteiger partial charge on any atom is 0.136 e. The Balaban J connectivity index is 1.06. The molecule has 226 valence electrons. The zero-order valence-electron chi connectivity index (χ0n) is 26.0. The lowest BCUT2D eigenvalue weighted by molar-refractivity contribution is 0.669. The molecular weight excluding hydrogens is 587 g/mol. The minimum Gasteiger partial charge on any atom is -0.456 e. The van der Waals surface area contributed by atoms with Crippen LogP contribution in [0.15, 0.2) is 173 Å². The number of fused-ring (bicyclic) bond motifs is 7. The summed E-state index contributed by atoms with van der Waals surface area (Å²) in [6, 6.07) is 47.9. The van der Waals surface area contributed by atoms with Crippen molar-refractivity contribution >= 4 is 55.2 Å². The fourth-order valence-corrected chi connectivity index (χ4v) is 7.29. The number of para-hydroxylation sites is 2. The summed E-state index contributed by atoms with van der Waals surface area (Å²) in [5.74, 6) is 0. The number of furan rings is 1. The number of nitrogens with one attached hydrogen (secondary N) is 1. The zero-order chi connectivity index (χ0) is 31.6. The first kappa shape index (κ1) is 26.8. The molecule has 0 fully saturated rings. The summed E-state index contributed by atoms with van der Waals surface area (Å²) in [7, 11) is 0. The van der Waals surface area contributed by atoms with E-state index in [0.29, 0.717) is 0 Å². The number of aromatic nitrogens is 1. The lowest BCUT2D eigenvalue weighted by Gasteiger charge is -2.22. The van der Waals surface area contributed by atoms with Crippen molar-refractivity contribution in [3.8, 4) is 27.9 Å². The first-order chi connectivity index (χ1) is 23.8. The third-order valence-electron chi connectivity index (χ3n) is 9.63. The van der Waals surface area contributed by atoms with Gasteiger partial charge < -0.3 is 14.3 Å². The van der Waals surface area contributed by atoms with Crippen LogP contribution < -0.4 is 5.32 Å². The van der Waals surface area contributed by atoms with Crippen molar-refractivity contribution in [3.63, 3.8) is 0 Å². The Kier molecular flexibility index (Phi) is 5.90. The van der Waals surface area contributed by atoms with Crippen LogP contribution in [0.2, 0.25) is 0 Å². The summed E-state index contributed by atoms with van der Waals surface area (Å²) in [5.41, 5.74) is 13.0. The van der Waals surface area contributed by atoms with Crippen LogP contribution in [0.5, 0.6) is 0 Å². The zero-order valence-corrected chi connectivity index (χ0v) is 26.0. The second-order valence-electron chi connectivity index (χ2n) is 12.5. The van der Waals surface area contributed by atoms with Gasteiger partial charge in [-0.1, -0.05) is 97.1 Å². The molecule has 0 bridgehead atoms. The predicted molar refractivity (Wildman–Crippen MR) is 200 cm³/mol. The molecule has 10 rings (SSSR count). The van der Waals surface area contributed by atoms with E-state index in [9.17, 15) is 0 Å². The Labute approximate surface area is 277 Å². The van der Waals surface area contributed by atoms with Gasteiger partial charge in [0, 0.05) is 39.0 Å². The summed E-state index contributed by atoms with van der Waals surface area (Å²) in [5, 5.41) is 8.22. The molecule has 1 N–H and O–H groups in total. The average molecular weight is 616 g/mol. The minimum absolute atomic E-state index is 0.141. The molecule has 1 aliphatic heterocycles. The largest absolute Gasteiger partial charge is 0.456 e. The van der Waals surface area contributed by atoms with E-state index < -0.39 is 0 Å². The van der Waals surface area contributed by atoms with Crippen molar-refractivity contribution in [3.05, 3.63) is 170 Å². The van der Waals surface area contributed by atoms with E-state index in [1.165, 1.54) is 27.4 Å². The summed E-state index contributed by atoms with van der Waals surface area (Å²) < 4.78 is 8.60. The molecule has 2 aliphatic rings. The maximum absolute atomic E-state index is 6.22. The van der Waals surface area contributed by atoms with E-state index in [4.69, 9.17) is 9.41 Å². The molecule has 0 saturated heterocycles. The molecule has 0 amide bonds. The summed E-state index contributed by atoms with van der Waals surface area (Å²) >= 11 is 0. The normalized spacial score (nSPS) is 15.5. The van der Waals surface area contributed by atoms with Crippen molar-refractivity contribution in [1.82, 2.24) is 9.88 Å². The second-order valence-corrected chi connectivity index (χ2v) is 12.5. The van der Waals surface area contributed by atoms with Crippen LogP contribution in [0.4, 0.5) is 0 Å². The van der Waals surface area contributed by atoms with Gasteiger partial charge in [-0.3, -0.25) is 0 Å². The van der Waals surface area contributed by atoms with Crippen LogP contribution in [0.3, 0.4) is 0 Å². The van der Waals surface area contributed by atoms with Gasteiger partial charge in [0.25, 0.3) is 0 Å². The highest BCUT2D eigenvalue weighted by atomic mass is 16.3. The Bertz CT molecular complexity index is 2720. The number of hydrogen-bond acceptors (Lipinski definition) is 3. The number of nitrogens with zero attached hydrogens (tertiary/aromatic N) is 2. The van der Waals surface area contributed by atoms with Gasteiger partial charge in [0.1, 0.15) is 11.2 Å². The Hall–Kier alpha value is -6.39. The van der Waals surface area contributed by atoms with E-state index >= 15 is 0 Å². The van der Waals surface area contributed by atoms with Crippen molar-refractivity contribution < 1.29 is 4.42 Å². The smallest absolute Gasteiger partial charge is 0.136 e. The lowest BCUT2D eigenvalue weighted by Crippen LogP contribution is -2.34. The Morgan fingerprint density at radius 3 is 2.23 bits per heavy atom. The standard InChI is InChI=1S/C44H29N3O/c1-5-17-41-34(13-1)37-25-30(28-9-7-11-32(23-28)40-27-45-38-15-3-4-16-39(38)46-40)20-22-42(37)47(41)33-12-8-10-29(24-33)31-19-21-36-35-14-2-6-18-43(35)48-44(36)26-31/h1-27,38,45H. The number of hydrogen-bond donors (Lipinski definition) is 1. The molecule has 1 unspecified atom stereocenters. The molecule has 1 atom stereocenters. The summed E-state index contributed by atoms with van der Waals surface area (Å²) in [4.78, 5) is 4.96. The van der Waals surface area contributed by atoms with Crippen LogP contribution >= 0.6 is 0 Å². The van der Waals surface area contributed by atoms with Crippen molar-refractivity contribution in [2.75, 3.05) is 0 Å². The van der Waals surface area contributed by atoms with Gasteiger partial charge in [-0.15, -0.1) is 0 Å². The van der Waals surface area contributed by atoms with Gasteiger partial charge in [0.2, 0.25) is 0 Å². The van der Waals surface area contributed by atoms with E-state index in [2.05, 4.69) is 149 Å². The number of aliphatic imine (C=N–C) groups is 1. The first-order valence-corrected chi connectivity index (χ1v) is 16.3. The quantitative estimate of drug-likeness (QED) is 0.214. The van der Waals surface area contributed by atoms with Crippen LogP contribution in [0.25, 0.3) is 77.4 Å². The fraction of sp³-hybridized carbons (Fsp3) is 0.0227. The monoisotopic (exact) mass is 615 g/mol. The van der Waals surface area contributed by atoms with E-state index in [0.717, 1.165) is 61.3 Å². The molecular formula is C44H29N3O. The Morgan fingerprint density at radius 2 is 1.27 bits per heavy atom. The van der Waals surface area contributed by atoms with Gasteiger partial charge in [-0.05, 0) is 82.9 Å². The third-order valence-corrected chi connectivity index (χ3v) is 9.63. The third kappa shape index (κ3) is 4.27. The molecule has 0 radical (unpaired) electrons. The highest BCUT2D eigenvalue weighted by Crippen LogP contribution is 2.37. The molecule has 6 aromatic carbocycles. The van der Waals surface area contributed by atoms with Gasteiger partial charge in [0.15, 0.2) is 0 Å². The highest BCUT2D eigenvalue weighted by Gasteiger charge is 2.18. The number of allylic oxidation sites excluding steroid dienone is 2. The number of rotatable bonds is 4. The molecule has 0 saturated carbocycles. The molecule has 4 nitrogen and oxygen atoms in total. The van der Waals surface area contributed by atoms with E-state index in [1.54, 1.807) is 0 Å². The van der Waals surface area contributed by atoms with Crippen LogP contribution in [0, 0.1) is 0 Å². The molecule has 3 heterocycles. The maximum atomic E-state index is 6.22. The van der Waals surface area contributed by atoms with Crippen molar-refractivity contribution in [1.29, 1.82) is 0 Å². The molecule has 0 spiro atoms. The van der Waals surface area contributed by atoms with Gasteiger partial charge in [-0.2, -0.15) is 0 Å². The number of benzene rings is 6. The minimum atomic E-state index is 0.141. The summed E-state index contributed by atoms with van der Waals surface area (Å²) in [6.45, 7) is 0. The molecule has 1 aliphatic carbocycles. The average Bonchev–Trinajstić information content (AvgIpc) is 3.70. The van der Waals surface area contributed by atoms with Gasteiger partial charge in [-0.25, -0.2) is 4.99 Å². The van der Waals surface area contributed by atoms with Crippen LogP contribution in [-0.4, -0.2) is 16.3 Å².